The summed E-state index contributed by atoms with van der Waals surface area (Å²) in [5, 5.41) is 7.91. The number of rotatable bonds is 6. The Bertz CT molecular complexity index is 2250. The van der Waals surface area contributed by atoms with Gasteiger partial charge >= 0.3 is 0 Å². The SMILES string of the molecule is O=Cc1ccccc1-c1cc2c3c4c1Cc1cc(-c5ccccc5C=O)c5c(c14)c1c(cc(-c4ccccc4C=O)c(c31)C2)C5. The van der Waals surface area contributed by atoms with Crippen LogP contribution < -0.4 is 0 Å². The average molecular weight is 577 g/mol. The van der Waals surface area contributed by atoms with Crippen molar-refractivity contribution in [2.24, 2.45) is 0 Å². The quantitative estimate of drug-likeness (QED) is 0.146. The van der Waals surface area contributed by atoms with E-state index >= 15 is 0 Å². The third-order valence-electron chi connectivity index (χ3n) is 10.5. The molecule has 0 aromatic heterocycles. The van der Waals surface area contributed by atoms with Gasteiger partial charge in [0.2, 0.25) is 0 Å². The minimum Gasteiger partial charge on any atom is -0.298 e. The van der Waals surface area contributed by atoms with E-state index in [1.165, 1.54) is 65.7 Å². The van der Waals surface area contributed by atoms with Crippen LogP contribution in [-0.4, -0.2) is 18.9 Å². The molecule has 45 heavy (non-hydrogen) atoms. The van der Waals surface area contributed by atoms with Crippen molar-refractivity contribution in [3.63, 3.8) is 0 Å². The standard InChI is InChI=1S/C42H24O3/c43-19-22-7-1-4-10-28(22)31-13-25-17-35-33(30-12-6-3-9-24(30)21-45)15-27-18-36-32(29-11-5-2-8-23(29)20-44)14-26-16-34(31)40-37(25)41(35)39(27)42(36)38(26)40/h1-15,19-21H,16-18H2. The summed E-state index contributed by atoms with van der Waals surface area (Å²) in [5.41, 5.74) is 16.0. The van der Waals surface area contributed by atoms with Crippen LogP contribution in [0.2, 0.25) is 0 Å². The van der Waals surface area contributed by atoms with E-state index in [4.69, 9.17) is 0 Å². The Morgan fingerprint density at radius 2 is 0.644 bits per heavy atom. The van der Waals surface area contributed by atoms with Crippen LogP contribution in [-0.2, 0) is 19.3 Å². The Kier molecular flexibility index (Phi) is 4.79. The molecule has 7 aromatic carbocycles. The predicted molar refractivity (Wildman–Crippen MR) is 180 cm³/mol. The van der Waals surface area contributed by atoms with Gasteiger partial charge in [0.05, 0.1) is 0 Å². The summed E-state index contributed by atoms with van der Waals surface area (Å²) >= 11 is 0. The Labute approximate surface area is 258 Å². The van der Waals surface area contributed by atoms with E-state index in [9.17, 15) is 14.4 Å². The van der Waals surface area contributed by atoms with Gasteiger partial charge in [-0.2, -0.15) is 0 Å². The van der Waals surface area contributed by atoms with Crippen LogP contribution in [0, 0.1) is 0 Å². The second-order valence-corrected chi connectivity index (χ2v) is 12.6. The van der Waals surface area contributed by atoms with Gasteiger partial charge in [0.1, 0.15) is 0 Å². The molecular formula is C42H24O3. The van der Waals surface area contributed by atoms with Gasteiger partial charge in [0.15, 0.2) is 18.9 Å². The molecule has 0 radical (unpaired) electrons. The molecule has 0 unspecified atom stereocenters. The van der Waals surface area contributed by atoms with E-state index in [1.54, 1.807) is 0 Å². The number of hydrogen-bond acceptors (Lipinski definition) is 3. The van der Waals surface area contributed by atoms with Gasteiger partial charge in [-0.3, -0.25) is 14.4 Å². The van der Waals surface area contributed by atoms with Crippen molar-refractivity contribution in [2.45, 2.75) is 19.3 Å². The first-order valence-electron chi connectivity index (χ1n) is 15.4. The van der Waals surface area contributed by atoms with E-state index in [-0.39, 0.29) is 0 Å². The van der Waals surface area contributed by atoms with E-state index in [0.29, 0.717) is 16.7 Å². The monoisotopic (exact) mass is 576 g/mol. The first-order chi connectivity index (χ1) is 22.2. The van der Waals surface area contributed by atoms with Gasteiger partial charge in [-0.05, 0) is 137 Å². The van der Waals surface area contributed by atoms with Crippen molar-refractivity contribution in [1.29, 1.82) is 0 Å². The molecular weight excluding hydrogens is 552 g/mol. The summed E-state index contributed by atoms with van der Waals surface area (Å²) < 4.78 is 0. The normalized spacial score (nSPS) is 13.3. The van der Waals surface area contributed by atoms with Crippen LogP contribution in [0.4, 0.5) is 0 Å². The summed E-state index contributed by atoms with van der Waals surface area (Å²) in [4.78, 5) is 36.8. The van der Waals surface area contributed by atoms with Crippen molar-refractivity contribution < 1.29 is 14.4 Å². The predicted octanol–water partition coefficient (Wildman–Crippen LogP) is 9.30. The summed E-state index contributed by atoms with van der Waals surface area (Å²) in [6, 6.07) is 30.7. The molecule has 0 N–H and O–H groups in total. The molecule has 0 aliphatic heterocycles. The Morgan fingerprint density at radius 1 is 0.356 bits per heavy atom. The van der Waals surface area contributed by atoms with Gasteiger partial charge in [0, 0.05) is 16.7 Å². The van der Waals surface area contributed by atoms with Crippen LogP contribution in [0.3, 0.4) is 0 Å². The van der Waals surface area contributed by atoms with Gasteiger partial charge in [-0.15, -0.1) is 0 Å². The van der Waals surface area contributed by atoms with E-state index in [2.05, 4.69) is 36.4 Å². The summed E-state index contributed by atoms with van der Waals surface area (Å²) in [5.74, 6) is 0. The molecule has 0 fully saturated rings. The van der Waals surface area contributed by atoms with Crippen molar-refractivity contribution in [2.75, 3.05) is 0 Å². The number of hydrogen-bond donors (Lipinski definition) is 0. The summed E-state index contributed by atoms with van der Waals surface area (Å²) in [6.45, 7) is 0. The number of carbonyl (C=O) groups is 3. The molecule has 7 aromatic rings. The molecule has 3 aliphatic rings. The zero-order valence-electron chi connectivity index (χ0n) is 24.2. The highest BCUT2D eigenvalue weighted by Crippen LogP contribution is 2.58. The second-order valence-electron chi connectivity index (χ2n) is 12.6. The third-order valence-corrected chi connectivity index (χ3v) is 10.5. The Hall–Kier alpha value is -5.67. The molecule has 3 nitrogen and oxygen atoms in total. The van der Waals surface area contributed by atoms with Crippen LogP contribution in [0.15, 0.2) is 91.0 Å². The number of benzene rings is 7. The van der Waals surface area contributed by atoms with Crippen molar-refractivity contribution in [3.8, 4) is 33.4 Å². The lowest BCUT2D eigenvalue weighted by Gasteiger charge is -2.15. The highest BCUT2D eigenvalue weighted by atomic mass is 16.1. The average Bonchev–Trinajstić information content (AvgIpc) is 3.78. The maximum atomic E-state index is 12.3. The smallest absolute Gasteiger partial charge is 0.150 e. The van der Waals surface area contributed by atoms with Crippen molar-refractivity contribution >= 4 is 51.2 Å². The fourth-order valence-corrected chi connectivity index (χ4v) is 8.82. The number of carbonyl (C=O) groups excluding carboxylic acids is 3. The maximum Gasteiger partial charge on any atom is 0.150 e. The topological polar surface area (TPSA) is 51.2 Å². The Balaban J connectivity index is 1.40. The van der Waals surface area contributed by atoms with Crippen LogP contribution in [0.1, 0.15) is 64.5 Å². The van der Waals surface area contributed by atoms with E-state index < -0.39 is 0 Å². The van der Waals surface area contributed by atoms with Crippen LogP contribution in [0.5, 0.6) is 0 Å². The lowest BCUT2D eigenvalue weighted by atomic mass is 9.87. The van der Waals surface area contributed by atoms with Crippen LogP contribution >= 0.6 is 0 Å². The first kappa shape index (κ1) is 24.7. The second kappa shape index (κ2) is 8.71. The van der Waals surface area contributed by atoms with Gasteiger partial charge in [-0.25, -0.2) is 0 Å². The largest absolute Gasteiger partial charge is 0.298 e. The molecule has 0 saturated carbocycles. The summed E-state index contributed by atoms with van der Waals surface area (Å²) in [7, 11) is 0. The highest BCUT2D eigenvalue weighted by Gasteiger charge is 2.36. The molecule has 0 atom stereocenters. The molecule has 0 saturated heterocycles. The minimum atomic E-state index is 0.692. The van der Waals surface area contributed by atoms with Crippen molar-refractivity contribution in [1.82, 2.24) is 0 Å². The fraction of sp³-hybridized carbons (Fsp3) is 0.0714. The maximum absolute atomic E-state index is 12.3. The third kappa shape index (κ3) is 3.02. The first-order valence-corrected chi connectivity index (χ1v) is 15.4. The Morgan fingerprint density at radius 3 is 0.933 bits per heavy atom. The minimum absolute atomic E-state index is 0.692. The molecule has 0 bridgehead atoms. The zero-order chi connectivity index (χ0) is 30.0. The number of aldehydes is 3. The van der Waals surface area contributed by atoms with Crippen LogP contribution in [0.25, 0.3) is 65.7 Å². The fourth-order valence-electron chi connectivity index (χ4n) is 8.82. The van der Waals surface area contributed by atoms with E-state index in [0.717, 1.165) is 71.5 Å². The lowest BCUT2D eigenvalue weighted by Crippen LogP contribution is -1.95. The molecule has 0 heterocycles. The van der Waals surface area contributed by atoms with E-state index in [1.807, 2.05) is 54.6 Å². The van der Waals surface area contributed by atoms with Gasteiger partial charge < -0.3 is 0 Å². The molecule has 0 amide bonds. The van der Waals surface area contributed by atoms with Crippen molar-refractivity contribution in [3.05, 3.63) is 141 Å². The molecule has 0 spiro atoms. The lowest BCUT2D eigenvalue weighted by molar-refractivity contribution is 0.111. The summed E-state index contributed by atoms with van der Waals surface area (Å²) in [6.07, 6.45) is 5.19. The molecule has 3 heteroatoms. The molecule has 210 valence electrons. The zero-order valence-corrected chi connectivity index (χ0v) is 24.2. The molecule has 3 aliphatic carbocycles. The molecule has 10 rings (SSSR count). The highest BCUT2D eigenvalue weighted by molar-refractivity contribution is 6.35. The van der Waals surface area contributed by atoms with Gasteiger partial charge in [0.25, 0.3) is 0 Å². The van der Waals surface area contributed by atoms with Gasteiger partial charge in [-0.1, -0.05) is 72.8 Å².